The molecule has 2 fully saturated rings. The van der Waals surface area contributed by atoms with Crippen LogP contribution in [-0.4, -0.2) is 56.3 Å². The van der Waals surface area contributed by atoms with Crippen molar-refractivity contribution in [1.82, 2.24) is 15.5 Å². The Hall–Kier alpha value is -0.930. The molecular weight excluding hydrogens is 470 g/mol. The summed E-state index contributed by atoms with van der Waals surface area (Å²) in [5.41, 5.74) is 0.981. The topological polar surface area (TPSA) is 48.9 Å². The van der Waals surface area contributed by atoms with E-state index in [0.717, 1.165) is 44.4 Å². The number of guanidine groups is 1. The van der Waals surface area contributed by atoms with Gasteiger partial charge in [-0.2, -0.15) is 0 Å². The van der Waals surface area contributed by atoms with Crippen LogP contribution in [0.25, 0.3) is 0 Å². The van der Waals surface area contributed by atoms with E-state index in [4.69, 9.17) is 9.73 Å². The van der Waals surface area contributed by atoms with E-state index in [0.29, 0.717) is 12.6 Å². The van der Waals surface area contributed by atoms with Gasteiger partial charge in [0.2, 0.25) is 0 Å². The molecule has 1 aromatic carbocycles. The fourth-order valence-electron chi connectivity index (χ4n) is 3.97. The van der Waals surface area contributed by atoms with Crippen LogP contribution in [0.5, 0.6) is 0 Å². The van der Waals surface area contributed by atoms with Crippen LogP contribution in [0.1, 0.15) is 50.6 Å². The first kappa shape index (κ1) is 23.3. The zero-order valence-corrected chi connectivity index (χ0v) is 19.2. The third-order valence-electron chi connectivity index (χ3n) is 5.43. The van der Waals surface area contributed by atoms with Crippen LogP contribution in [0.15, 0.2) is 29.3 Å². The average Bonchev–Trinajstić information content (AvgIpc) is 2.70. The van der Waals surface area contributed by atoms with Gasteiger partial charge in [-0.3, -0.25) is 9.89 Å². The van der Waals surface area contributed by atoms with E-state index < -0.39 is 0 Å². The zero-order chi connectivity index (χ0) is 18.9. The van der Waals surface area contributed by atoms with E-state index in [1.165, 1.54) is 38.2 Å². The Balaban J connectivity index is 0.00000280. The minimum atomic E-state index is -0.193. The summed E-state index contributed by atoms with van der Waals surface area (Å²) in [6.07, 6.45) is 6.33. The SMILES string of the molecule is CCNC(=NCC(c1cccc(F)c1)N1CCOCC1)NC1CCCCC1.I. The summed E-state index contributed by atoms with van der Waals surface area (Å²) < 4.78 is 19.3. The summed E-state index contributed by atoms with van der Waals surface area (Å²) in [7, 11) is 0. The summed E-state index contributed by atoms with van der Waals surface area (Å²) in [6.45, 7) is 6.66. The van der Waals surface area contributed by atoms with Crippen molar-refractivity contribution in [2.24, 2.45) is 4.99 Å². The lowest BCUT2D eigenvalue weighted by molar-refractivity contribution is 0.0179. The monoisotopic (exact) mass is 504 g/mol. The minimum absolute atomic E-state index is 0. The van der Waals surface area contributed by atoms with Crippen molar-refractivity contribution < 1.29 is 9.13 Å². The van der Waals surface area contributed by atoms with Crippen molar-refractivity contribution in [3.05, 3.63) is 35.6 Å². The molecule has 1 aliphatic carbocycles. The second-order valence-electron chi connectivity index (χ2n) is 7.42. The Bertz CT molecular complexity index is 604. The van der Waals surface area contributed by atoms with Crippen LogP contribution in [0, 0.1) is 5.82 Å². The molecule has 5 nitrogen and oxygen atoms in total. The largest absolute Gasteiger partial charge is 0.379 e. The van der Waals surface area contributed by atoms with Gasteiger partial charge in [-0.15, -0.1) is 24.0 Å². The first-order chi connectivity index (χ1) is 13.3. The van der Waals surface area contributed by atoms with Gasteiger partial charge in [0.1, 0.15) is 5.82 Å². The number of hydrogen-bond acceptors (Lipinski definition) is 3. The number of ether oxygens (including phenoxy) is 1. The number of halogens is 2. The summed E-state index contributed by atoms with van der Waals surface area (Å²) in [5, 5.41) is 6.97. The maximum atomic E-state index is 13.8. The number of aliphatic imine (C=N–C) groups is 1. The van der Waals surface area contributed by atoms with Crippen LogP contribution in [0.3, 0.4) is 0 Å². The maximum Gasteiger partial charge on any atom is 0.191 e. The second-order valence-corrected chi connectivity index (χ2v) is 7.42. The van der Waals surface area contributed by atoms with Gasteiger partial charge in [0.25, 0.3) is 0 Å². The molecule has 0 bridgehead atoms. The fraction of sp³-hybridized carbons (Fsp3) is 0.667. The lowest BCUT2D eigenvalue weighted by Gasteiger charge is -2.34. The molecule has 1 saturated heterocycles. The number of hydrogen-bond donors (Lipinski definition) is 2. The van der Waals surface area contributed by atoms with Gasteiger partial charge < -0.3 is 15.4 Å². The van der Waals surface area contributed by atoms with Gasteiger partial charge in [-0.1, -0.05) is 31.4 Å². The van der Waals surface area contributed by atoms with Gasteiger partial charge in [0.05, 0.1) is 25.8 Å². The van der Waals surface area contributed by atoms with Crippen molar-refractivity contribution in [2.45, 2.75) is 51.1 Å². The van der Waals surface area contributed by atoms with Gasteiger partial charge in [0, 0.05) is 25.7 Å². The highest BCUT2D eigenvalue weighted by Crippen LogP contribution is 2.23. The predicted molar refractivity (Wildman–Crippen MR) is 123 cm³/mol. The zero-order valence-electron chi connectivity index (χ0n) is 16.8. The lowest BCUT2D eigenvalue weighted by atomic mass is 9.96. The third-order valence-corrected chi connectivity index (χ3v) is 5.43. The molecule has 28 heavy (non-hydrogen) atoms. The number of nitrogens with zero attached hydrogens (tertiary/aromatic N) is 2. The predicted octanol–water partition coefficient (Wildman–Crippen LogP) is 3.70. The third kappa shape index (κ3) is 7.15. The minimum Gasteiger partial charge on any atom is -0.379 e. The molecule has 0 radical (unpaired) electrons. The molecule has 0 spiro atoms. The number of benzene rings is 1. The first-order valence-electron chi connectivity index (χ1n) is 10.4. The molecule has 2 aliphatic rings. The Labute approximate surface area is 185 Å². The second kappa shape index (κ2) is 12.6. The van der Waals surface area contributed by atoms with E-state index in [9.17, 15) is 4.39 Å². The molecule has 0 amide bonds. The van der Waals surface area contributed by atoms with E-state index in [2.05, 4.69) is 22.5 Å². The summed E-state index contributed by atoms with van der Waals surface area (Å²) >= 11 is 0. The molecule has 1 atom stereocenters. The molecule has 158 valence electrons. The van der Waals surface area contributed by atoms with Crippen molar-refractivity contribution in [3.63, 3.8) is 0 Å². The van der Waals surface area contributed by atoms with Crippen molar-refractivity contribution in [3.8, 4) is 0 Å². The number of rotatable bonds is 6. The van der Waals surface area contributed by atoms with Gasteiger partial charge in [-0.25, -0.2) is 4.39 Å². The van der Waals surface area contributed by atoms with Crippen LogP contribution < -0.4 is 10.6 Å². The molecule has 7 heteroatoms. The molecule has 1 heterocycles. The summed E-state index contributed by atoms with van der Waals surface area (Å²) in [6, 6.07) is 7.49. The Morgan fingerprint density at radius 1 is 1.25 bits per heavy atom. The molecule has 3 rings (SSSR count). The van der Waals surface area contributed by atoms with E-state index in [1.54, 1.807) is 12.1 Å². The van der Waals surface area contributed by atoms with Gasteiger partial charge >= 0.3 is 0 Å². The summed E-state index contributed by atoms with van der Waals surface area (Å²) in [4.78, 5) is 7.23. The highest BCUT2D eigenvalue weighted by Gasteiger charge is 2.23. The molecule has 0 aromatic heterocycles. The number of nitrogens with one attached hydrogen (secondary N) is 2. The van der Waals surface area contributed by atoms with Crippen LogP contribution in [-0.2, 0) is 4.74 Å². The first-order valence-corrected chi connectivity index (χ1v) is 10.4. The van der Waals surface area contributed by atoms with E-state index >= 15 is 0 Å². The Morgan fingerprint density at radius 2 is 2.00 bits per heavy atom. The highest BCUT2D eigenvalue weighted by molar-refractivity contribution is 14.0. The number of morpholine rings is 1. The molecule has 1 unspecified atom stereocenters. The highest BCUT2D eigenvalue weighted by atomic mass is 127. The Morgan fingerprint density at radius 3 is 2.68 bits per heavy atom. The smallest absolute Gasteiger partial charge is 0.191 e. The van der Waals surface area contributed by atoms with Gasteiger partial charge in [0.15, 0.2) is 5.96 Å². The van der Waals surface area contributed by atoms with Crippen LogP contribution in [0.4, 0.5) is 4.39 Å². The molecule has 1 aliphatic heterocycles. The van der Waals surface area contributed by atoms with Crippen molar-refractivity contribution >= 4 is 29.9 Å². The maximum absolute atomic E-state index is 13.8. The van der Waals surface area contributed by atoms with Crippen LogP contribution >= 0.6 is 24.0 Å². The van der Waals surface area contributed by atoms with Crippen LogP contribution in [0.2, 0.25) is 0 Å². The molecule has 1 saturated carbocycles. The average molecular weight is 504 g/mol. The Kier molecular flexibility index (Phi) is 10.5. The van der Waals surface area contributed by atoms with Crippen molar-refractivity contribution in [2.75, 3.05) is 39.4 Å². The normalized spacial score (nSPS) is 20.3. The van der Waals surface area contributed by atoms with Gasteiger partial charge in [-0.05, 0) is 37.5 Å². The quantitative estimate of drug-likeness (QED) is 0.353. The molecular formula is C21H34FIN4O. The molecule has 2 N–H and O–H groups in total. The molecule has 1 aromatic rings. The van der Waals surface area contributed by atoms with E-state index in [-0.39, 0.29) is 35.8 Å². The van der Waals surface area contributed by atoms with E-state index in [1.807, 2.05) is 6.07 Å². The van der Waals surface area contributed by atoms with Crippen molar-refractivity contribution in [1.29, 1.82) is 0 Å². The lowest BCUT2D eigenvalue weighted by Crippen LogP contribution is -2.45. The fourth-order valence-corrected chi connectivity index (χ4v) is 3.97. The standard InChI is InChI=1S/C21H33FN4O.HI/c1-2-23-21(25-19-9-4-3-5-10-19)24-16-20(26-11-13-27-14-12-26)17-7-6-8-18(22)15-17;/h6-8,15,19-20H,2-5,9-14,16H2,1H3,(H2,23,24,25);1H. The summed E-state index contributed by atoms with van der Waals surface area (Å²) in [5.74, 6) is 0.682.